The van der Waals surface area contributed by atoms with Crippen LogP contribution in [0.4, 0.5) is 0 Å². The molecule has 64 valence electrons. The number of hydrogen-bond acceptors (Lipinski definition) is 2. The standard InChI is InChI=1S/C8H14INO/c9-10-5-4-8(7-10)3-1-2-6-11-8/h1-7H2. The Labute approximate surface area is 81.8 Å². The fraction of sp³-hybridized carbons (Fsp3) is 1.00. The van der Waals surface area contributed by atoms with Crippen LogP contribution in [0.1, 0.15) is 25.7 Å². The predicted molar refractivity (Wildman–Crippen MR) is 52.7 cm³/mol. The van der Waals surface area contributed by atoms with Gasteiger partial charge in [0.1, 0.15) is 0 Å². The van der Waals surface area contributed by atoms with Gasteiger partial charge in [0.15, 0.2) is 0 Å². The summed E-state index contributed by atoms with van der Waals surface area (Å²) in [5.74, 6) is 0. The third-order valence-electron chi connectivity index (χ3n) is 2.70. The average molecular weight is 267 g/mol. The van der Waals surface area contributed by atoms with Crippen molar-refractivity contribution in [3.05, 3.63) is 0 Å². The van der Waals surface area contributed by atoms with Crippen molar-refractivity contribution in [3.8, 4) is 0 Å². The van der Waals surface area contributed by atoms with Gasteiger partial charge in [-0.1, -0.05) is 0 Å². The summed E-state index contributed by atoms with van der Waals surface area (Å²) in [5, 5.41) is 0. The Morgan fingerprint density at radius 3 is 2.73 bits per heavy atom. The molecule has 11 heavy (non-hydrogen) atoms. The molecule has 0 aromatic carbocycles. The van der Waals surface area contributed by atoms with Crippen LogP contribution < -0.4 is 0 Å². The number of rotatable bonds is 0. The Kier molecular flexibility index (Phi) is 2.39. The highest BCUT2D eigenvalue weighted by atomic mass is 127. The second-order valence-electron chi connectivity index (χ2n) is 3.58. The van der Waals surface area contributed by atoms with Crippen LogP contribution in [0.3, 0.4) is 0 Å². The summed E-state index contributed by atoms with van der Waals surface area (Å²) in [5.41, 5.74) is 0.263. The zero-order valence-electron chi connectivity index (χ0n) is 6.68. The molecule has 1 spiro atoms. The average Bonchev–Trinajstić information content (AvgIpc) is 2.34. The van der Waals surface area contributed by atoms with Crippen molar-refractivity contribution in [3.63, 3.8) is 0 Å². The zero-order chi connectivity index (χ0) is 7.73. The van der Waals surface area contributed by atoms with E-state index in [2.05, 4.69) is 26.0 Å². The first kappa shape index (κ1) is 8.26. The van der Waals surface area contributed by atoms with Crippen molar-refractivity contribution in [2.45, 2.75) is 31.3 Å². The van der Waals surface area contributed by atoms with Crippen LogP contribution in [-0.2, 0) is 4.74 Å². The van der Waals surface area contributed by atoms with Gasteiger partial charge in [-0.05, 0) is 25.7 Å². The fourth-order valence-electron chi connectivity index (χ4n) is 2.03. The van der Waals surface area contributed by atoms with Gasteiger partial charge in [-0.3, -0.25) is 0 Å². The van der Waals surface area contributed by atoms with E-state index in [1.807, 2.05) is 0 Å². The normalized spacial score (nSPS) is 40.1. The maximum Gasteiger partial charge on any atom is 0.0829 e. The van der Waals surface area contributed by atoms with Crippen LogP contribution in [0.25, 0.3) is 0 Å². The van der Waals surface area contributed by atoms with Crippen LogP contribution in [0, 0.1) is 0 Å². The molecule has 0 bridgehead atoms. The van der Waals surface area contributed by atoms with Crippen molar-refractivity contribution in [1.82, 2.24) is 3.11 Å². The van der Waals surface area contributed by atoms with Crippen LogP contribution in [0.15, 0.2) is 0 Å². The van der Waals surface area contributed by atoms with Gasteiger partial charge in [-0.15, -0.1) is 0 Å². The van der Waals surface area contributed by atoms with E-state index in [0.717, 1.165) is 13.2 Å². The third kappa shape index (κ3) is 1.70. The van der Waals surface area contributed by atoms with E-state index < -0.39 is 0 Å². The SMILES string of the molecule is IN1CCC2(CCCCO2)C1. The smallest absolute Gasteiger partial charge is 0.0829 e. The second-order valence-corrected chi connectivity index (χ2v) is 4.95. The molecule has 0 aromatic rings. The Balaban J connectivity index is 1.98. The van der Waals surface area contributed by atoms with E-state index in [9.17, 15) is 0 Å². The van der Waals surface area contributed by atoms with Crippen molar-refractivity contribution in [2.24, 2.45) is 0 Å². The molecule has 2 fully saturated rings. The molecule has 1 atom stereocenters. The minimum Gasteiger partial charge on any atom is -0.374 e. The fourth-order valence-corrected chi connectivity index (χ4v) is 2.89. The van der Waals surface area contributed by atoms with E-state index in [1.165, 1.54) is 32.2 Å². The topological polar surface area (TPSA) is 12.5 Å². The van der Waals surface area contributed by atoms with Gasteiger partial charge in [0.25, 0.3) is 0 Å². The molecule has 0 radical (unpaired) electrons. The summed E-state index contributed by atoms with van der Waals surface area (Å²) >= 11 is 2.40. The first-order chi connectivity index (χ1) is 5.31. The number of hydrogen-bond donors (Lipinski definition) is 0. The predicted octanol–water partition coefficient (Wildman–Crippen LogP) is 1.98. The van der Waals surface area contributed by atoms with Crippen molar-refractivity contribution >= 4 is 22.9 Å². The minimum absolute atomic E-state index is 0.263. The molecule has 0 aliphatic carbocycles. The highest BCUT2D eigenvalue weighted by Gasteiger charge is 2.39. The van der Waals surface area contributed by atoms with Crippen molar-refractivity contribution in [2.75, 3.05) is 19.7 Å². The van der Waals surface area contributed by atoms with Crippen molar-refractivity contribution < 1.29 is 4.74 Å². The van der Waals surface area contributed by atoms with Gasteiger partial charge >= 0.3 is 0 Å². The van der Waals surface area contributed by atoms with Crippen molar-refractivity contribution in [1.29, 1.82) is 0 Å². The van der Waals surface area contributed by atoms with E-state index in [0.29, 0.717) is 0 Å². The lowest BCUT2D eigenvalue weighted by Gasteiger charge is -2.33. The molecule has 2 heterocycles. The summed E-state index contributed by atoms with van der Waals surface area (Å²) in [6.07, 6.45) is 5.16. The van der Waals surface area contributed by atoms with Gasteiger partial charge in [-0.25, -0.2) is 3.11 Å². The summed E-state index contributed by atoms with van der Waals surface area (Å²) < 4.78 is 8.20. The molecule has 2 aliphatic rings. The summed E-state index contributed by atoms with van der Waals surface area (Å²) in [6, 6.07) is 0. The van der Waals surface area contributed by atoms with Crippen LogP contribution in [0.5, 0.6) is 0 Å². The van der Waals surface area contributed by atoms with Gasteiger partial charge < -0.3 is 4.74 Å². The van der Waals surface area contributed by atoms with E-state index in [1.54, 1.807) is 0 Å². The van der Waals surface area contributed by atoms with E-state index in [4.69, 9.17) is 4.74 Å². The highest BCUT2D eigenvalue weighted by Crippen LogP contribution is 2.35. The molecule has 2 saturated heterocycles. The lowest BCUT2D eigenvalue weighted by atomic mass is 9.93. The molecule has 3 heteroatoms. The van der Waals surface area contributed by atoms with Gasteiger partial charge in [-0.2, -0.15) is 0 Å². The summed E-state index contributed by atoms with van der Waals surface area (Å²) in [6.45, 7) is 3.35. The largest absolute Gasteiger partial charge is 0.374 e. The molecule has 0 amide bonds. The van der Waals surface area contributed by atoms with Crippen LogP contribution >= 0.6 is 22.9 Å². The number of halogens is 1. The molecule has 0 aromatic heterocycles. The monoisotopic (exact) mass is 267 g/mol. The minimum atomic E-state index is 0.263. The Bertz CT molecular complexity index is 140. The van der Waals surface area contributed by atoms with Crippen LogP contribution in [0.2, 0.25) is 0 Å². The second kappa shape index (κ2) is 3.18. The zero-order valence-corrected chi connectivity index (χ0v) is 8.84. The van der Waals surface area contributed by atoms with E-state index in [-0.39, 0.29) is 5.60 Å². The number of ether oxygens (including phenoxy) is 1. The Morgan fingerprint density at radius 2 is 2.18 bits per heavy atom. The Morgan fingerprint density at radius 1 is 1.27 bits per heavy atom. The Hall–Kier alpha value is 0.650. The van der Waals surface area contributed by atoms with Crippen LogP contribution in [-0.4, -0.2) is 28.4 Å². The lowest BCUT2D eigenvalue weighted by molar-refractivity contribution is -0.0655. The summed E-state index contributed by atoms with van der Waals surface area (Å²) in [7, 11) is 0. The maximum atomic E-state index is 5.85. The molecule has 2 aliphatic heterocycles. The third-order valence-corrected chi connectivity index (χ3v) is 3.53. The molecule has 2 nitrogen and oxygen atoms in total. The molecule has 1 unspecified atom stereocenters. The quantitative estimate of drug-likeness (QED) is 0.491. The maximum absolute atomic E-state index is 5.85. The molecular weight excluding hydrogens is 253 g/mol. The molecule has 0 N–H and O–H groups in total. The first-order valence-corrected chi connectivity index (χ1v) is 5.32. The van der Waals surface area contributed by atoms with Gasteiger partial charge in [0.2, 0.25) is 0 Å². The highest BCUT2D eigenvalue weighted by molar-refractivity contribution is 14.1. The van der Waals surface area contributed by atoms with Gasteiger partial charge in [0.05, 0.1) is 5.60 Å². The number of nitrogens with zero attached hydrogens (tertiary/aromatic N) is 1. The summed E-state index contributed by atoms with van der Waals surface area (Å²) in [4.78, 5) is 0. The molecular formula is C8H14INO. The first-order valence-electron chi connectivity index (χ1n) is 4.35. The van der Waals surface area contributed by atoms with E-state index >= 15 is 0 Å². The molecule has 0 saturated carbocycles. The molecule has 2 rings (SSSR count). The lowest BCUT2D eigenvalue weighted by Crippen LogP contribution is -2.37. The van der Waals surface area contributed by atoms with Gasteiger partial charge in [0, 0.05) is 42.6 Å².